The molecule has 0 aromatic carbocycles. The van der Waals surface area contributed by atoms with Crippen LogP contribution < -0.4 is 11.1 Å². The molecule has 0 spiro atoms. The molecule has 3 heterocycles. The first-order valence-electron chi connectivity index (χ1n) is 7.89. The van der Waals surface area contributed by atoms with Crippen LogP contribution in [0.3, 0.4) is 0 Å². The lowest BCUT2D eigenvalue weighted by atomic mass is 10.0. The van der Waals surface area contributed by atoms with Gasteiger partial charge in [-0.05, 0) is 17.7 Å². The summed E-state index contributed by atoms with van der Waals surface area (Å²) in [5.74, 6) is -2.42. The molecule has 3 rings (SSSR count). The second kappa shape index (κ2) is 7.95. The first-order valence-corrected chi connectivity index (χ1v) is 7.89. The molecule has 0 fully saturated rings. The molecule has 0 saturated heterocycles. The topological polar surface area (TPSA) is 146 Å². The smallest absolute Gasteiger partial charge is 0.287 e. The first kappa shape index (κ1) is 17.9. The van der Waals surface area contributed by atoms with E-state index in [1.54, 1.807) is 24.4 Å². The van der Waals surface area contributed by atoms with E-state index >= 15 is 0 Å². The van der Waals surface area contributed by atoms with Gasteiger partial charge in [0.25, 0.3) is 11.8 Å². The summed E-state index contributed by atoms with van der Waals surface area (Å²) in [5, 5.41) is 2.53. The highest BCUT2D eigenvalue weighted by Crippen LogP contribution is 2.08. The third-order valence-electron chi connectivity index (χ3n) is 3.67. The zero-order valence-electron chi connectivity index (χ0n) is 14.0. The highest BCUT2D eigenvalue weighted by molar-refractivity contribution is 6.38. The Kier molecular flexibility index (Phi) is 5.26. The molecule has 1 unspecified atom stereocenters. The average Bonchev–Trinajstić information content (AvgIpc) is 3.18. The summed E-state index contributed by atoms with van der Waals surface area (Å²) in [6.45, 7) is 0. The third-order valence-corrected chi connectivity index (χ3v) is 3.67. The number of hydrogen-bond donors (Lipinski definition) is 2. The maximum atomic E-state index is 12.7. The molecular formula is C17H15N7O3. The number of nitrogens with one attached hydrogen (secondary N) is 1. The van der Waals surface area contributed by atoms with Crippen LogP contribution in [0, 0.1) is 0 Å². The fraction of sp³-hybridized carbons (Fsp3) is 0.118. The molecule has 0 aliphatic rings. The van der Waals surface area contributed by atoms with E-state index in [1.165, 1.54) is 35.7 Å². The number of nitrogens with two attached hydrogens (primary N) is 1. The number of amides is 2. The van der Waals surface area contributed by atoms with Gasteiger partial charge in [0.15, 0.2) is 0 Å². The van der Waals surface area contributed by atoms with E-state index in [1.807, 2.05) is 0 Å². The Morgan fingerprint density at radius 1 is 1.07 bits per heavy atom. The van der Waals surface area contributed by atoms with Gasteiger partial charge in [-0.1, -0.05) is 6.07 Å². The number of ketones is 1. The fourth-order valence-corrected chi connectivity index (χ4v) is 2.41. The van der Waals surface area contributed by atoms with Gasteiger partial charge in [0.2, 0.25) is 11.7 Å². The van der Waals surface area contributed by atoms with Crippen molar-refractivity contribution in [3.8, 4) is 5.95 Å². The second-order valence-corrected chi connectivity index (χ2v) is 5.52. The maximum absolute atomic E-state index is 12.7. The van der Waals surface area contributed by atoms with Gasteiger partial charge in [0.05, 0.1) is 6.20 Å². The Hall–Kier alpha value is -3.95. The van der Waals surface area contributed by atoms with Gasteiger partial charge in [0.1, 0.15) is 18.1 Å². The van der Waals surface area contributed by atoms with Crippen molar-refractivity contribution in [2.24, 2.45) is 5.73 Å². The molecule has 136 valence electrons. The van der Waals surface area contributed by atoms with E-state index in [4.69, 9.17) is 5.73 Å². The lowest BCUT2D eigenvalue weighted by Gasteiger charge is -2.16. The molecule has 0 bridgehead atoms. The Bertz CT molecular complexity index is 957. The molecule has 10 nitrogen and oxygen atoms in total. The van der Waals surface area contributed by atoms with E-state index < -0.39 is 23.6 Å². The predicted molar refractivity (Wildman–Crippen MR) is 92.6 cm³/mol. The lowest BCUT2D eigenvalue weighted by molar-refractivity contribution is -0.137. The number of nitrogens with zero attached hydrogens (tertiary/aromatic N) is 5. The molecule has 3 aromatic rings. The summed E-state index contributed by atoms with van der Waals surface area (Å²) >= 11 is 0. The van der Waals surface area contributed by atoms with Gasteiger partial charge in [0, 0.05) is 31.2 Å². The van der Waals surface area contributed by atoms with Gasteiger partial charge in [-0.25, -0.2) is 15.0 Å². The van der Waals surface area contributed by atoms with Crippen molar-refractivity contribution in [2.75, 3.05) is 0 Å². The minimum Gasteiger partial charge on any atom is -0.363 e. The number of Topliss-reactive ketones (excluding diaryl/α,β-unsaturated/α-hetero) is 1. The monoisotopic (exact) mass is 365 g/mol. The van der Waals surface area contributed by atoms with E-state index in [9.17, 15) is 14.4 Å². The summed E-state index contributed by atoms with van der Waals surface area (Å²) in [6, 6.07) is 3.90. The highest BCUT2D eigenvalue weighted by atomic mass is 16.2. The van der Waals surface area contributed by atoms with Crippen LogP contribution in [0.1, 0.15) is 16.1 Å². The molecule has 0 radical (unpaired) electrons. The van der Waals surface area contributed by atoms with Crippen LogP contribution in [0.4, 0.5) is 0 Å². The molecule has 2 amide bonds. The molecular weight excluding hydrogens is 350 g/mol. The maximum Gasteiger partial charge on any atom is 0.287 e. The standard InChI is InChI=1S/C17H15N7O3/c18-15(26)14(25)12(7-11-3-1-4-19-8-11)23-16(27)13-9-20-10-24(13)17-21-5-2-6-22-17/h1-6,8-10,12H,7H2,(H2,18,26)(H,23,27). The van der Waals surface area contributed by atoms with Crippen LogP contribution in [0.15, 0.2) is 55.5 Å². The Balaban J connectivity index is 1.84. The summed E-state index contributed by atoms with van der Waals surface area (Å²) in [5.41, 5.74) is 5.88. The normalized spacial score (nSPS) is 11.6. The van der Waals surface area contributed by atoms with Crippen molar-refractivity contribution in [1.82, 2.24) is 29.8 Å². The van der Waals surface area contributed by atoms with Gasteiger partial charge in [-0.15, -0.1) is 0 Å². The predicted octanol–water partition coefficient (Wildman–Crippen LogP) is -0.547. The van der Waals surface area contributed by atoms with Gasteiger partial charge >= 0.3 is 0 Å². The average molecular weight is 365 g/mol. The number of carbonyl (C=O) groups excluding carboxylic acids is 3. The van der Waals surface area contributed by atoms with Crippen molar-refractivity contribution >= 4 is 17.6 Å². The van der Waals surface area contributed by atoms with Crippen molar-refractivity contribution in [3.05, 3.63) is 66.8 Å². The zero-order chi connectivity index (χ0) is 19.2. The van der Waals surface area contributed by atoms with Gasteiger partial charge in [-0.2, -0.15) is 0 Å². The third kappa shape index (κ3) is 4.18. The molecule has 3 N–H and O–H groups in total. The molecule has 0 aliphatic heterocycles. The van der Waals surface area contributed by atoms with Gasteiger partial charge < -0.3 is 11.1 Å². The highest BCUT2D eigenvalue weighted by Gasteiger charge is 2.27. The SMILES string of the molecule is NC(=O)C(=O)C(Cc1cccnc1)NC(=O)c1cncn1-c1ncccn1. The Labute approximate surface area is 153 Å². The van der Waals surface area contributed by atoms with Crippen molar-refractivity contribution in [1.29, 1.82) is 0 Å². The number of rotatable bonds is 7. The summed E-state index contributed by atoms with van der Waals surface area (Å²) in [7, 11) is 0. The number of carbonyl (C=O) groups is 3. The molecule has 0 aliphatic carbocycles. The van der Waals surface area contributed by atoms with Crippen LogP contribution >= 0.6 is 0 Å². The summed E-state index contributed by atoms with van der Waals surface area (Å²) < 4.78 is 1.37. The molecule has 0 saturated carbocycles. The van der Waals surface area contributed by atoms with Crippen molar-refractivity contribution in [3.63, 3.8) is 0 Å². The number of pyridine rings is 1. The van der Waals surface area contributed by atoms with Crippen LogP contribution in [0.5, 0.6) is 0 Å². The van der Waals surface area contributed by atoms with Gasteiger partial charge in [-0.3, -0.25) is 23.9 Å². The number of imidazole rings is 1. The Morgan fingerprint density at radius 2 is 1.85 bits per heavy atom. The number of hydrogen-bond acceptors (Lipinski definition) is 7. The minimum absolute atomic E-state index is 0.0668. The van der Waals surface area contributed by atoms with Crippen LogP contribution in [0.2, 0.25) is 0 Å². The summed E-state index contributed by atoms with van der Waals surface area (Å²) in [4.78, 5) is 52.2. The second-order valence-electron chi connectivity index (χ2n) is 5.52. The number of primary amides is 1. The molecule has 1 atom stereocenters. The Morgan fingerprint density at radius 3 is 2.52 bits per heavy atom. The van der Waals surface area contributed by atoms with E-state index in [-0.39, 0.29) is 18.1 Å². The van der Waals surface area contributed by atoms with Crippen LogP contribution in [0.25, 0.3) is 5.95 Å². The largest absolute Gasteiger partial charge is 0.363 e. The van der Waals surface area contributed by atoms with Crippen LogP contribution in [-0.2, 0) is 16.0 Å². The van der Waals surface area contributed by atoms with E-state index in [0.717, 1.165) is 0 Å². The molecule has 3 aromatic heterocycles. The van der Waals surface area contributed by atoms with E-state index in [0.29, 0.717) is 5.56 Å². The lowest BCUT2D eigenvalue weighted by Crippen LogP contribution is -2.47. The first-order chi connectivity index (χ1) is 13.1. The molecule has 27 heavy (non-hydrogen) atoms. The fourth-order valence-electron chi connectivity index (χ4n) is 2.41. The summed E-state index contributed by atoms with van der Waals surface area (Å²) in [6.07, 6.45) is 8.90. The van der Waals surface area contributed by atoms with Crippen molar-refractivity contribution in [2.45, 2.75) is 12.5 Å². The van der Waals surface area contributed by atoms with E-state index in [2.05, 4.69) is 25.3 Å². The number of aromatic nitrogens is 5. The zero-order valence-corrected chi connectivity index (χ0v) is 14.0. The molecule has 10 heteroatoms. The quantitative estimate of drug-likeness (QED) is 0.534. The van der Waals surface area contributed by atoms with Crippen LogP contribution in [-0.4, -0.2) is 48.1 Å². The minimum atomic E-state index is -1.14. The van der Waals surface area contributed by atoms with Crippen molar-refractivity contribution < 1.29 is 14.4 Å².